The predicted molar refractivity (Wildman–Crippen MR) is 95.3 cm³/mol. The summed E-state index contributed by atoms with van der Waals surface area (Å²) in [5.41, 5.74) is 2.72. The van der Waals surface area contributed by atoms with E-state index in [2.05, 4.69) is 10.6 Å². The number of hydrogen-bond acceptors (Lipinski definition) is 3. The quantitative estimate of drug-likeness (QED) is 0.806. The number of rotatable bonds is 6. The van der Waals surface area contributed by atoms with E-state index in [1.807, 2.05) is 56.3 Å². The van der Waals surface area contributed by atoms with E-state index in [9.17, 15) is 4.79 Å². The van der Waals surface area contributed by atoms with Crippen LogP contribution in [0.25, 0.3) is 0 Å². The van der Waals surface area contributed by atoms with Gasteiger partial charge in [-0.1, -0.05) is 11.6 Å². The molecule has 0 aliphatic heterocycles. The molecule has 0 unspecified atom stereocenters. The third kappa shape index (κ3) is 5.49. The highest BCUT2D eigenvalue weighted by atomic mass is 35.5. The molecule has 0 saturated heterocycles. The lowest BCUT2D eigenvalue weighted by Crippen LogP contribution is -2.09. The van der Waals surface area contributed by atoms with E-state index in [4.69, 9.17) is 16.3 Å². The number of carbonyl (C=O) groups is 1. The predicted octanol–water partition coefficient (Wildman–Crippen LogP) is 4.70. The molecular formula is C18H21ClN2O2. The summed E-state index contributed by atoms with van der Waals surface area (Å²) in [5, 5.41) is 6.75. The van der Waals surface area contributed by atoms with Crippen LogP contribution in [-0.4, -0.2) is 12.0 Å². The number of carbonyl (C=O) groups excluding carboxylic acids is 1. The fourth-order valence-electron chi connectivity index (χ4n) is 2.13. The lowest BCUT2D eigenvalue weighted by molar-refractivity contribution is -0.114. The Morgan fingerprint density at radius 1 is 1.13 bits per heavy atom. The summed E-state index contributed by atoms with van der Waals surface area (Å²) in [6, 6.07) is 13.2. The van der Waals surface area contributed by atoms with Crippen molar-refractivity contribution < 1.29 is 9.53 Å². The average Bonchev–Trinajstić information content (AvgIpc) is 2.48. The first-order valence-corrected chi connectivity index (χ1v) is 7.88. The normalized spacial score (nSPS) is 10.5. The lowest BCUT2D eigenvalue weighted by atomic mass is 10.2. The highest BCUT2D eigenvalue weighted by molar-refractivity contribution is 6.30. The van der Waals surface area contributed by atoms with Gasteiger partial charge in [-0.25, -0.2) is 0 Å². The third-order valence-corrected chi connectivity index (χ3v) is 3.31. The molecule has 0 bridgehead atoms. The van der Waals surface area contributed by atoms with Gasteiger partial charge >= 0.3 is 0 Å². The highest BCUT2D eigenvalue weighted by Gasteiger charge is 2.07. The first-order chi connectivity index (χ1) is 10.9. The molecule has 2 aromatic rings. The second kappa shape index (κ2) is 7.88. The minimum absolute atomic E-state index is 0.0832. The van der Waals surface area contributed by atoms with Crippen molar-refractivity contribution in [2.24, 2.45) is 0 Å². The van der Waals surface area contributed by atoms with Crippen LogP contribution in [0.15, 0.2) is 42.5 Å². The van der Waals surface area contributed by atoms with Crippen LogP contribution in [0.5, 0.6) is 5.75 Å². The molecule has 2 N–H and O–H groups in total. The molecule has 0 spiro atoms. The van der Waals surface area contributed by atoms with E-state index >= 15 is 0 Å². The number of ether oxygens (including phenoxy) is 1. The first-order valence-electron chi connectivity index (χ1n) is 7.50. The maximum atomic E-state index is 11.0. The smallest absolute Gasteiger partial charge is 0.221 e. The summed E-state index contributed by atoms with van der Waals surface area (Å²) in [4.78, 5) is 11.0. The minimum Gasteiger partial charge on any atom is -0.491 e. The molecule has 2 aromatic carbocycles. The van der Waals surface area contributed by atoms with Crippen LogP contribution >= 0.6 is 11.6 Å². The Labute approximate surface area is 141 Å². The first kappa shape index (κ1) is 17.2. The SMILES string of the molecule is CC(=O)Nc1ccc(NCc2cc(Cl)ccc2OC(C)C)cc1. The van der Waals surface area contributed by atoms with Gasteiger partial charge in [-0.05, 0) is 56.3 Å². The van der Waals surface area contributed by atoms with Crippen molar-refractivity contribution in [2.75, 3.05) is 10.6 Å². The van der Waals surface area contributed by atoms with Crippen LogP contribution in [-0.2, 0) is 11.3 Å². The van der Waals surface area contributed by atoms with Gasteiger partial charge in [0.05, 0.1) is 6.10 Å². The summed E-state index contributed by atoms with van der Waals surface area (Å²) in [6.07, 6.45) is 0.104. The summed E-state index contributed by atoms with van der Waals surface area (Å²) in [6.45, 7) is 6.07. The monoisotopic (exact) mass is 332 g/mol. The number of hydrogen-bond donors (Lipinski definition) is 2. The lowest BCUT2D eigenvalue weighted by Gasteiger charge is -2.15. The molecule has 0 atom stereocenters. The zero-order valence-corrected chi connectivity index (χ0v) is 14.3. The summed E-state index contributed by atoms with van der Waals surface area (Å²) in [7, 11) is 0. The molecule has 0 aliphatic rings. The minimum atomic E-state index is -0.0832. The molecule has 5 heteroatoms. The third-order valence-electron chi connectivity index (χ3n) is 3.07. The van der Waals surface area contributed by atoms with Gasteiger partial charge in [-0.3, -0.25) is 4.79 Å². The van der Waals surface area contributed by atoms with Gasteiger partial charge in [0, 0.05) is 35.4 Å². The van der Waals surface area contributed by atoms with E-state index in [1.54, 1.807) is 0 Å². The van der Waals surface area contributed by atoms with E-state index in [0.717, 1.165) is 22.7 Å². The maximum absolute atomic E-state index is 11.0. The second-order valence-corrected chi connectivity index (χ2v) is 5.97. The Kier molecular flexibility index (Phi) is 5.88. The molecule has 0 aromatic heterocycles. The molecule has 4 nitrogen and oxygen atoms in total. The van der Waals surface area contributed by atoms with Gasteiger partial charge in [0.15, 0.2) is 0 Å². The fraction of sp³-hybridized carbons (Fsp3) is 0.278. The Bertz CT molecular complexity index is 669. The average molecular weight is 333 g/mol. The molecular weight excluding hydrogens is 312 g/mol. The Hall–Kier alpha value is -2.20. The van der Waals surface area contributed by atoms with Crippen LogP contribution < -0.4 is 15.4 Å². The molecule has 0 saturated carbocycles. The van der Waals surface area contributed by atoms with Gasteiger partial charge in [-0.15, -0.1) is 0 Å². The topological polar surface area (TPSA) is 50.4 Å². The summed E-state index contributed by atoms with van der Waals surface area (Å²) < 4.78 is 5.81. The van der Waals surface area contributed by atoms with Crippen molar-refractivity contribution in [3.8, 4) is 5.75 Å². The van der Waals surface area contributed by atoms with Gasteiger partial charge < -0.3 is 15.4 Å². The molecule has 1 amide bonds. The Morgan fingerprint density at radius 2 is 1.78 bits per heavy atom. The number of benzene rings is 2. The van der Waals surface area contributed by atoms with Gasteiger partial charge in [0.1, 0.15) is 5.75 Å². The van der Waals surface area contributed by atoms with E-state index in [0.29, 0.717) is 11.6 Å². The highest BCUT2D eigenvalue weighted by Crippen LogP contribution is 2.25. The van der Waals surface area contributed by atoms with Gasteiger partial charge in [0.2, 0.25) is 5.91 Å². The van der Waals surface area contributed by atoms with Crippen LogP contribution in [0.4, 0.5) is 11.4 Å². The second-order valence-electron chi connectivity index (χ2n) is 5.53. The van der Waals surface area contributed by atoms with Crippen LogP contribution in [0, 0.1) is 0 Å². The molecule has 0 radical (unpaired) electrons. The molecule has 122 valence electrons. The van der Waals surface area contributed by atoms with Crippen molar-refractivity contribution in [3.63, 3.8) is 0 Å². The Morgan fingerprint density at radius 3 is 2.39 bits per heavy atom. The van der Waals surface area contributed by atoms with Crippen LogP contribution in [0.3, 0.4) is 0 Å². The number of nitrogens with one attached hydrogen (secondary N) is 2. The number of halogens is 1. The maximum Gasteiger partial charge on any atom is 0.221 e. The Balaban J connectivity index is 2.05. The van der Waals surface area contributed by atoms with Gasteiger partial charge in [0.25, 0.3) is 0 Å². The van der Waals surface area contributed by atoms with E-state index in [1.165, 1.54) is 6.92 Å². The largest absolute Gasteiger partial charge is 0.491 e. The van der Waals surface area contributed by atoms with Crippen molar-refractivity contribution in [1.29, 1.82) is 0 Å². The molecule has 0 aliphatic carbocycles. The van der Waals surface area contributed by atoms with Crippen molar-refractivity contribution >= 4 is 28.9 Å². The molecule has 0 fully saturated rings. The van der Waals surface area contributed by atoms with Crippen molar-refractivity contribution in [2.45, 2.75) is 33.4 Å². The fourth-order valence-corrected chi connectivity index (χ4v) is 2.32. The van der Waals surface area contributed by atoms with E-state index in [-0.39, 0.29) is 12.0 Å². The number of anilines is 2. The molecule has 2 rings (SSSR count). The van der Waals surface area contributed by atoms with Crippen LogP contribution in [0.1, 0.15) is 26.3 Å². The standard InChI is InChI=1S/C18H21ClN2O2/c1-12(2)23-18-9-4-15(19)10-14(18)11-20-16-5-7-17(8-6-16)21-13(3)22/h4-10,12,20H,11H2,1-3H3,(H,21,22). The molecule has 0 heterocycles. The zero-order chi connectivity index (χ0) is 16.8. The van der Waals surface area contributed by atoms with Gasteiger partial charge in [-0.2, -0.15) is 0 Å². The summed E-state index contributed by atoms with van der Waals surface area (Å²) in [5.74, 6) is 0.742. The summed E-state index contributed by atoms with van der Waals surface area (Å²) >= 11 is 6.08. The van der Waals surface area contributed by atoms with Crippen molar-refractivity contribution in [1.82, 2.24) is 0 Å². The molecule has 23 heavy (non-hydrogen) atoms. The zero-order valence-electron chi connectivity index (χ0n) is 13.5. The van der Waals surface area contributed by atoms with E-state index < -0.39 is 0 Å². The number of amides is 1. The van der Waals surface area contributed by atoms with Crippen molar-refractivity contribution in [3.05, 3.63) is 53.1 Å². The van der Waals surface area contributed by atoms with Crippen LogP contribution in [0.2, 0.25) is 5.02 Å².